The molecular weight excluding hydrogens is 322 g/mol. The van der Waals surface area contributed by atoms with Gasteiger partial charge in [0.25, 0.3) is 5.56 Å². The normalized spacial score (nSPS) is 15.1. The van der Waals surface area contributed by atoms with Crippen molar-refractivity contribution < 1.29 is 4.42 Å². The van der Waals surface area contributed by atoms with Crippen LogP contribution < -0.4 is 10.9 Å². The second kappa shape index (κ2) is 5.83. The summed E-state index contributed by atoms with van der Waals surface area (Å²) < 4.78 is 7.49. The van der Waals surface area contributed by atoms with Crippen LogP contribution in [0, 0.1) is 5.92 Å². The largest absolute Gasteiger partial charge is 0.467 e. The van der Waals surface area contributed by atoms with E-state index in [4.69, 9.17) is 4.42 Å². The standard InChI is InChI=1S/C14H16BrN3O2/c15-12-8-17-18(9-10-3-1-4-10)14(19)13(12)16-7-11-5-2-6-20-11/h2,5-6,8,10,16H,1,3-4,7,9H2. The van der Waals surface area contributed by atoms with Crippen LogP contribution in [0.25, 0.3) is 0 Å². The Morgan fingerprint density at radius 1 is 1.50 bits per heavy atom. The number of halogens is 1. The highest BCUT2D eigenvalue weighted by molar-refractivity contribution is 9.10. The van der Waals surface area contributed by atoms with Crippen molar-refractivity contribution in [3.05, 3.63) is 45.2 Å². The number of hydrogen-bond acceptors (Lipinski definition) is 4. The summed E-state index contributed by atoms with van der Waals surface area (Å²) in [6.07, 6.45) is 6.94. The first-order chi connectivity index (χ1) is 9.74. The van der Waals surface area contributed by atoms with Crippen molar-refractivity contribution in [1.82, 2.24) is 9.78 Å². The van der Waals surface area contributed by atoms with Gasteiger partial charge in [-0.05, 0) is 46.8 Å². The Labute approximate surface area is 125 Å². The number of nitrogens with one attached hydrogen (secondary N) is 1. The lowest BCUT2D eigenvalue weighted by molar-refractivity contribution is 0.262. The number of aromatic nitrogens is 2. The van der Waals surface area contributed by atoms with E-state index in [0.717, 1.165) is 5.76 Å². The summed E-state index contributed by atoms with van der Waals surface area (Å²) in [5.41, 5.74) is 0.452. The molecule has 0 spiro atoms. The van der Waals surface area contributed by atoms with Crippen molar-refractivity contribution in [2.75, 3.05) is 5.32 Å². The Morgan fingerprint density at radius 2 is 2.35 bits per heavy atom. The molecule has 1 aliphatic rings. The van der Waals surface area contributed by atoms with E-state index in [9.17, 15) is 4.79 Å². The number of furan rings is 1. The van der Waals surface area contributed by atoms with Gasteiger partial charge in [0.2, 0.25) is 0 Å². The predicted molar refractivity (Wildman–Crippen MR) is 79.6 cm³/mol. The SMILES string of the molecule is O=c1c(NCc2ccco2)c(Br)cnn1CC1CCC1. The van der Waals surface area contributed by atoms with Crippen LogP contribution in [-0.2, 0) is 13.1 Å². The molecular formula is C14H16BrN3O2. The second-order valence-corrected chi connectivity index (χ2v) is 5.94. The first-order valence-corrected chi connectivity index (χ1v) is 7.55. The molecule has 1 aliphatic carbocycles. The van der Waals surface area contributed by atoms with Crippen molar-refractivity contribution in [2.24, 2.45) is 5.92 Å². The van der Waals surface area contributed by atoms with Gasteiger partial charge in [-0.3, -0.25) is 4.79 Å². The zero-order valence-electron chi connectivity index (χ0n) is 11.0. The summed E-state index contributed by atoms with van der Waals surface area (Å²) in [7, 11) is 0. The Bertz CT molecular complexity index is 632. The molecule has 5 nitrogen and oxygen atoms in total. The monoisotopic (exact) mass is 337 g/mol. The third kappa shape index (κ3) is 2.80. The van der Waals surface area contributed by atoms with Crippen LogP contribution in [0.3, 0.4) is 0 Å². The fraction of sp³-hybridized carbons (Fsp3) is 0.429. The lowest BCUT2D eigenvalue weighted by Gasteiger charge is -2.25. The highest BCUT2D eigenvalue weighted by Gasteiger charge is 2.20. The average Bonchev–Trinajstić information content (AvgIpc) is 2.89. The Kier molecular flexibility index (Phi) is 3.91. The minimum atomic E-state index is -0.0853. The number of hydrogen-bond donors (Lipinski definition) is 1. The molecule has 0 atom stereocenters. The van der Waals surface area contributed by atoms with Gasteiger partial charge >= 0.3 is 0 Å². The molecule has 0 radical (unpaired) electrons. The molecule has 20 heavy (non-hydrogen) atoms. The minimum Gasteiger partial charge on any atom is -0.467 e. The molecule has 0 amide bonds. The molecule has 0 aromatic carbocycles. The first kappa shape index (κ1) is 13.4. The molecule has 2 aromatic heterocycles. The van der Waals surface area contributed by atoms with Crippen LogP contribution in [0.2, 0.25) is 0 Å². The Balaban J connectivity index is 1.77. The number of anilines is 1. The van der Waals surface area contributed by atoms with Gasteiger partial charge in [-0.2, -0.15) is 5.10 Å². The fourth-order valence-electron chi connectivity index (χ4n) is 2.27. The van der Waals surface area contributed by atoms with Gasteiger partial charge < -0.3 is 9.73 Å². The van der Waals surface area contributed by atoms with Gasteiger partial charge in [0.05, 0.1) is 23.5 Å². The lowest BCUT2D eigenvalue weighted by Crippen LogP contribution is -2.30. The van der Waals surface area contributed by atoms with Gasteiger partial charge in [0.15, 0.2) is 0 Å². The second-order valence-electron chi connectivity index (χ2n) is 5.08. The van der Waals surface area contributed by atoms with E-state index in [2.05, 4.69) is 26.3 Å². The molecule has 1 N–H and O–H groups in total. The summed E-state index contributed by atoms with van der Waals surface area (Å²) >= 11 is 3.37. The summed E-state index contributed by atoms with van der Waals surface area (Å²) in [6.45, 7) is 1.19. The molecule has 2 heterocycles. The third-order valence-electron chi connectivity index (χ3n) is 3.67. The van der Waals surface area contributed by atoms with E-state index in [0.29, 0.717) is 29.2 Å². The lowest BCUT2D eigenvalue weighted by atomic mass is 9.85. The zero-order valence-corrected chi connectivity index (χ0v) is 12.6. The highest BCUT2D eigenvalue weighted by Crippen LogP contribution is 2.27. The molecule has 106 valence electrons. The van der Waals surface area contributed by atoms with E-state index >= 15 is 0 Å². The van der Waals surface area contributed by atoms with Crippen molar-refractivity contribution in [3.8, 4) is 0 Å². The smallest absolute Gasteiger partial charge is 0.291 e. The van der Waals surface area contributed by atoms with Gasteiger partial charge in [0.1, 0.15) is 11.4 Å². The number of nitrogens with zero attached hydrogens (tertiary/aromatic N) is 2. The first-order valence-electron chi connectivity index (χ1n) is 6.76. The van der Waals surface area contributed by atoms with Crippen molar-refractivity contribution in [1.29, 1.82) is 0 Å². The van der Waals surface area contributed by atoms with E-state index in [1.54, 1.807) is 17.1 Å². The average molecular weight is 338 g/mol. The predicted octanol–water partition coefficient (Wildman–Crippen LogP) is 3.01. The quantitative estimate of drug-likeness (QED) is 0.910. The van der Waals surface area contributed by atoms with Crippen LogP contribution in [0.5, 0.6) is 0 Å². The van der Waals surface area contributed by atoms with E-state index in [-0.39, 0.29) is 5.56 Å². The Morgan fingerprint density at radius 3 is 3.00 bits per heavy atom. The maximum atomic E-state index is 12.4. The summed E-state index contributed by atoms with van der Waals surface area (Å²) in [6, 6.07) is 3.70. The minimum absolute atomic E-state index is 0.0853. The van der Waals surface area contributed by atoms with Crippen molar-refractivity contribution in [2.45, 2.75) is 32.4 Å². The highest BCUT2D eigenvalue weighted by atomic mass is 79.9. The molecule has 0 bridgehead atoms. The van der Waals surface area contributed by atoms with Gasteiger partial charge in [-0.25, -0.2) is 4.68 Å². The summed E-state index contributed by atoms with van der Waals surface area (Å²) in [4.78, 5) is 12.4. The molecule has 2 aromatic rings. The topological polar surface area (TPSA) is 60.1 Å². The van der Waals surface area contributed by atoms with Crippen LogP contribution in [-0.4, -0.2) is 9.78 Å². The molecule has 6 heteroatoms. The maximum absolute atomic E-state index is 12.4. The maximum Gasteiger partial charge on any atom is 0.291 e. The van der Waals surface area contributed by atoms with Crippen molar-refractivity contribution in [3.63, 3.8) is 0 Å². The van der Waals surface area contributed by atoms with Crippen molar-refractivity contribution >= 4 is 21.6 Å². The van der Waals surface area contributed by atoms with Crippen LogP contribution in [0.4, 0.5) is 5.69 Å². The van der Waals surface area contributed by atoms with Gasteiger partial charge in [0, 0.05) is 6.54 Å². The Hall–Kier alpha value is -1.56. The van der Waals surface area contributed by atoms with Gasteiger partial charge in [-0.15, -0.1) is 0 Å². The van der Waals surface area contributed by atoms with E-state index < -0.39 is 0 Å². The molecule has 1 saturated carbocycles. The zero-order chi connectivity index (χ0) is 13.9. The molecule has 0 aliphatic heterocycles. The van der Waals surface area contributed by atoms with E-state index in [1.807, 2.05) is 12.1 Å². The van der Waals surface area contributed by atoms with E-state index in [1.165, 1.54) is 19.3 Å². The van der Waals surface area contributed by atoms with Crippen LogP contribution in [0.15, 0.2) is 38.3 Å². The summed E-state index contributed by atoms with van der Waals surface area (Å²) in [5, 5.41) is 7.32. The number of rotatable bonds is 5. The molecule has 0 saturated heterocycles. The van der Waals surface area contributed by atoms with Gasteiger partial charge in [-0.1, -0.05) is 6.42 Å². The third-order valence-corrected chi connectivity index (χ3v) is 4.27. The fourth-order valence-corrected chi connectivity index (χ4v) is 2.67. The molecule has 3 rings (SSSR count). The molecule has 0 unspecified atom stereocenters. The van der Waals surface area contributed by atoms with Crippen LogP contribution in [0.1, 0.15) is 25.0 Å². The van der Waals surface area contributed by atoms with Crippen LogP contribution >= 0.6 is 15.9 Å². The molecule has 1 fully saturated rings. The summed E-state index contributed by atoms with van der Waals surface area (Å²) in [5.74, 6) is 1.39.